The van der Waals surface area contributed by atoms with Crippen LogP contribution in [0.4, 0.5) is 5.82 Å². The minimum Gasteiger partial charge on any atom is -0.379 e. The van der Waals surface area contributed by atoms with Crippen LogP contribution in [0.5, 0.6) is 0 Å². The van der Waals surface area contributed by atoms with E-state index in [2.05, 4.69) is 21.8 Å². The molecule has 1 fully saturated rings. The van der Waals surface area contributed by atoms with E-state index in [1.807, 2.05) is 18.4 Å². The molecule has 4 rings (SSSR count). The Labute approximate surface area is 135 Å². The molecule has 22 heavy (non-hydrogen) atoms. The van der Waals surface area contributed by atoms with Gasteiger partial charge >= 0.3 is 0 Å². The Morgan fingerprint density at radius 3 is 3.00 bits per heavy atom. The number of aromatic nitrogens is 2. The van der Waals surface area contributed by atoms with Gasteiger partial charge in [0.1, 0.15) is 17.0 Å². The Kier molecular flexibility index (Phi) is 3.78. The summed E-state index contributed by atoms with van der Waals surface area (Å²) in [5.41, 5.74) is 1.52. The van der Waals surface area contributed by atoms with Crippen molar-refractivity contribution in [1.82, 2.24) is 9.97 Å². The summed E-state index contributed by atoms with van der Waals surface area (Å²) >= 11 is 1.88. The van der Waals surface area contributed by atoms with Gasteiger partial charge in [-0.2, -0.15) is 0 Å². The first-order valence-electron chi connectivity index (χ1n) is 8.31. The van der Waals surface area contributed by atoms with Gasteiger partial charge in [-0.1, -0.05) is 6.92 Å². The number of hydrogen-bond acceptors (Lipinski definition) is 5. The number of anilines is 1. The van der Waals surface area contributed by atoms with E-state index >= 15 is 0 Å². The van der Waals surface area contributed by atoms with E-state index in [1.54, 1.807) is 6.33 Å². The molecule has 118 valence electrons. The number of thiophene rings is 1. The molecule has 0 saturated carbocycles. The molecule has 2 atom stereocenters. The number of methoxy groups -OCH3 is 1. The third-order valence-electron chi connectivity index (χ3n) is 5.22. The third kappa shape index (κ3) is 2.31. The summed E-state index contributed by atoms with van der Waals surface area (Å²) in [7, 11) is 1.83. The molecule has 0 bridgehead atoms. The summed E-state index contributed by atoms with van der Waals surface area (Å²) in [6.45, 7) is 4.29. The lowest BCUT2D eigenvalue weighted by Crippen LogP contribution is -2.44. The summed E-state index contributed by atoms with van der Waals surface area (Å²) in [5.74, 6) is 1.76. The number of hydrogen-bond donors (Lipinski definition) is 0. The monoisotopic (exact) mass is 317 g/mol. The predicted octanol–water partition coefficient (Wildman–Crippen LogP) is 3.43. The maximum absolute atomic E-state index is 5.68. The van der Waals surface area contributed by atoms with Crippen molar-refractivity contribution in [2.45, 2.75) is 45.1 Å². The van der Waals surface area contributed by atoms with Crippen molar-refractivity contribution in [3.63, 3.8) is 0 Å². The topological polar surface area (TPSA) is 38.2 Å². The number of fused-ring (bicyclic) bond motifs is 3. The van der Waals surface area contributed by atoms with Crippen molar-refractivity contribution in [3.05, 3.63) is 16.8 Å². The van der Waals surface area contributed by atoms with E-state index in [9.17, 15) is 0 Å². The van der Waals surface area contributed by atoms with Crippen molar-refractivity contribution in [2.75, 3.05) is 25.1 Å². The van der Waals surface area contributed by atoms with Gasteiger partial charge in [-0.05, 0) is 43.6 Å². The molecule has 2 aromatic heterocycles. The lowest BCUT2D eigenvalue weighted by molar-refractivity contribution is 0.0497. The molecular weight excluding hydrogens is 294 g/mol. The van der Waals surface area contributed by atoms with Crippen LogP contribution in [-0.4, -0.2) is 36.3 Å². The van der Waals surface area contributed by atoms with Crippen molar-refractivity contribution in [3.8, 4) is 0 Å². The molecular formula is C17H23N3OS. The summed E-state index contributed by atoms with van der Waals surface area (Å²) < 4.78 is 5.68. The van der Waals surface area contributed by atoms with Crippen LogP contribution in [0, 0.1) is 5.92 Å². The van der Waals surface area contributed by atoms with Gasteiger partial charge in [0.15, 0.2) is 0 Å². The van der Waals surface area contributed by atoms with Crippen molar-refractivity contribution < 1.29 is 4.74 Å². The van der Waals surface area contributed by atoms with Crippen LogP contribution in [0.2, 0.25) is 0 Å². The molecule has 0 aromatic carbocycles. The highest BCUT2D eigenvalue weighted by atomic mass is 32.1. The van der Waals surface area contributed by atoms with Gasteiger partial charge in [0, 0.05) is 25.1 Å². The first-order chi connectivity index (χ1) is 10.8. The molecule has 4 nitrogen and oxygen atoms in total. The summed E-state index contributed by atoms with van der Waals surface area (Å²) in [4.78, 5) is 14.3. The average Bonchev–Trinajstić information content (AvgIpc) is 2.94. The highest BCUT2D eigenvalue weighted by Gasteiger charge is 2.29. The minimum absolute atomic E-state index is 0.299. The minimum atomic E-state index is 0.299. The van der Waals surface area contributed by atoms with E-state index in [0.717, 1.165) is 25.3 Å². The second kappa shape index (κ2) is 5.78. The molecule has 0 N–H and O–H groups in total. The second-order valence-electron chi connectivity index (χ2n) is 6.57. The zero-order chi connectivity index (χ0) is 15.1. The molecule has 1 aliphatic heterocycles. The second-order valence-corrected chi connectivity index (χ2v) is 7.66. The van der Waals surface area contributed by atoms with Crippen LogP contribution in [0.15, 0.2) is 6.33 Å². The van der Waals surface area contributed by atoms with Crippen molar-refractivity contribution >= 4 is 27.4 Å². The summed E-state index contributed by atoms with van der Waals surface area (Å²) in [5, 5.41) is 1.33. The fourth-order valence-electron chi connectivity index (χ4n) is 3.85. The van der Waals surface area contributed by atoms with E-state index in [1.165, 1.54) is 46.3 Å². The molecule has 2 unspecified atom stereocenters. The van der Waals surface area contributed by atoms with Crippen LogP contribution in [-0.2, 0) is 17.6 Å². The lowest BCUT2D eigenvalue weighted by Gasteiger charge is -2.37. The molecule has 3 heterocycles. The Bertz CT molecular complexity index is 684. The largest absolute Gasteiger partial charge is 0.379 e. The zero-order valence-electron chi connectivity index (χ0n) is 13.3. The van der Waals surface area contributed by atoms with Crippen LogP contribution in [0.25, 0.3) is 10.2 Å². The molecule has 2 aromatic rings. The number of ether oxygens (including phenoxy) is 1. The standard InChI is InChI=1S/C17H23N3OS/c1-11-7-8-20(9-13(11)21-2)16-15-12-5-3-4-6-14(12)22-17(15)19-10-18-16/h10-11,13H,3-9H2,1-2H3. The van der Waals surface area contributed by atoms with Gasteiger partial charge in [0.05, 0.1) is 11.5 Å². The SMILES string of the molecule is COC1CN(c2ncnc3sc4c(c23)CCCC4)CCC1C. The molecule has 0 amide bonds. The third-order valence-corrected chi connectivity index (χ3v) is 6.42. The Balaban J connectivity index is 1.77. The predicted molar refractivity (Wildman–Crippen MR) is 90.8 cm³/mol. The Morgan fingerprint density at radius 2 is 2.14 bits per heavy atom. The van der Waals surface area contributed by atoms with E-state index < -0.39 is 0 Å². The van der Waals surface area contributed by atoms with Crippen LogP contribution >= 0.6 is 11.3 Å². The number of aryl methyl sites for hydroxylation is 2. The van der Waals surface area contributed by atoms with Crippen LogP contribution in [0.3, 0.4) is 0 Å². The molecule has 5 heteroatoms. The van der Waals surface area contributed by atoms with E-state index in [4.69, 9.17) is 4.74 Å². The quantitative estimate of drug-likeness (QED) is 0.850. The van der Waals surface area contributed by atoms with E-state index in [0.29, 0.717) is 12.0 Å². The van der Waals surface area contributed by atoms with Gasteiger partial charge in [0.25, 0.3) is 0 Å². The van der Waals surface area contributed by atoms with Gasteiger partial charge in [-0.3, -0.25) is 0 Å². The Morgan fingerprint density at radius 1 is 1.27 bits per heavy atom. The van der Waals surface area contributed by atoms with Crippen LogP contribution < -0.4 is 4.90 Å². The van der Waals surface area contributed by atoms with Crippen LogP contribution in [0.1, 0.15) is 36.6 Å². The fraction of sp³-hybridized carbons (Fsp3) is 0.647. The maximum atomic E-state index is 5.68. The molecule has 0 spiro atoms. The van der Waals surface area contributed by atoms with Gasteiger partial charge < -0.3 is 9.64 Å². The summed E-state index contributed by atoms with van der Waals surface area (Å²) in [6.07, 6.45) is 8.21. The Hall–Kier alpha value is -1.20. The maximum Gasteiger partial charge on any atom is 0.141 e. The highest BCUT2D eigenvalue weighted by molar-refractivity contribution is 7.19. The molecule has 1 saturated heterocycles. The van der Waals surface area contributed by atoms with Gasteiger partial charge in [0.2, 0.25) is 0 Å². The molecule has 2 aliphatic rings. The normalized spacial score (nSPS) is 25.5. The first-order valence-corrected chi connectivity index (χ1v) is 9.12. The average molecular weight is 317 g/mol. The van der Waals surface area contributed by atoms with Gasteiger partial charge in [-0.25, -0.2) is 9.97 Å². The number of piperidine rings is 1. The lowest BCUT2D eigenvalue weighted by atomic mass is 9.94. The highest BCUT2D eigenvalue weighted by Crippen LogP contribution is 2.40. The van der Waals surface area contributed by atoms with E-state index in [-0.39, 0.29) is 0 Å². The zero-order valence-corrected chi connectivity index (χ0v) is 14.2. The molecule has 1 aliphatic carbocycles. The van der Waals surface area contributed by atoms with Crippen molar-refractivity contribution in [2.24, 2.45) is 5.92 Å². The smallest absolute Gasteiger partial charge is 0.141 e. The van der Waals surface area contributed by atoms with Gasteiger partial charge in [-0.15, -0.1) is 11.3 Å². The first kappa shape index (κ1) is 14.4. The number of rotatable bonds is 2. The fourth-order valence-corrected chi connectivity index (χ4v) is 5.07. The summed E-state index contributed by atoms with van der Waals surface area (Å²) in [6, 6.07) is 0. The molecule has 0 radical (unpaired) electrons. The van der Waals surface area contributed by atoms with Crippen molar-refractivity contribution in [1.29, 1.82) is 0 Å². The number of nitrogens with zero attached hydrogens (tertiary/aromatic N) is 3.